The highest BCUT2D eigenvalue weighted by Gasteiger charge is 2.58. The van der Waals surface area contributed by atoms with Gasteiger partial charge in [0.25, 0.3) is 0 Å². The molecule has 0 saturated carbocycles. The van der Waals surface area contributed by atoms with Crippen molar-refractivity contribution in [1.29, 1.82) is 0 Å². The number of carboxylic acids is 1. The SMILES string of the molecule is CC(=O)C1(N=[N+]=[N-])O[C@H](C(=O)O)[C@@H](O)[C@H](O)[C@H]1O. The highest BCUT2D eigenvalue weighted by molar-refractivity contribution is 5.86. The van der Waals surface area contributed by atoms with Crippen molar-refractivity contribution in [2.75, 3.05) is 0 Å². The molecule has 0 radical (unpaired) electrons. The fourth-order valence-corrected chi connectivity index (χ4v) is 1.64. The minimum Gasteiger partial charge on any atom is -0.479 e. The van der Waals surface area contributed by atoms with Crippen LogP contribution >= 0.6 is 0 Å². The third-order valence-corrected chi connectivity index (χ3v) is 2.63. The van der Waals surface area contributed by atoms with Gasteiger partial charge in [-0.25, -0.2) is 4.79 Å². The summed E-state index contributed by atoms with van der Waals surface area (Å²) in [6, 6.07) is 0. The second-order valence-electron chi connectivity index (χ2n) is 3.74. The van der Waals surface area contributed by atoms with Crippen molar-refractivity contribution >= 4 is 11.8 Å². The van der Waals surface area contributed by atoms with Crippen molar-refractivity contribution in [3.63, 3.8) is 0 Å². The first kappa shape index (κ1) is 14.4. The van der Waals surface area contributed by atoms with Crippen LogP contribution < -0.4 is 0 Å². The summed E-state index contributed by atoms with van der Waals surface area (Å²) in [5.41, 5.74) is 5.78. The molecule has 0 bridgehead atoms. The van der Waals surface area contributed by atoms with Crippen LogP contribution in [0.25, 0.3) is 10.4 Å². The van der Waals surface area contributed by atoms with E-state index in [9.17, 15) is 24.9 Å². The molecule has 0 aliphatic carbocycles. The first-order valence-electron chi connectivity index (χ1n) is 4.80. The zero-order valence-corrected chi connectivity index (χ0v) is 9.16. The van der Waals surface area contributed by atoms with Crippen LogP contribution in [-0.2, 0) is 14.3 Å². The Morgan fingerprint density at radius 2 is 1.89 bits per heavy atom. The quantitative estimate of drug-likeness (QED) is 0.262. The highest BCUT2D eigenvalue weighted by atomic mass is 16.6. The molecule has 10 heteroatoms. The summed E-state index contributed by atoms with van der Waals surface area (Å²) in [4.78, 5) is 24.5. The summed E-state index contributed by atoms with van der Waals surface area (Å²) in [5.74, 6) is -2.67. The molecular weight excluding hydrogens is 250 g/mol. The van der Waals surface area contributed by atoms with Gasteiger partial charge < -0.3 is 25.2 Å². The van der Waals surface area contributed by atoms with Gasteiger partial charge >= 0.3 is 5.97 Å². The van der Waals surface area contributed by atoms with Crippen LogP contribution in [0.3, 0.4) is 0 Å². The molecule has 1 aliphatic rings. The van der Waals surface area contributed by atoms with E-state index in [0.29, 0.717) is 0 Å². The molecule has 1 unspecified atom stereocenters. The largest absolute Gasteiger partial charge is 0.479 e. The first-order valence-corrected chi connectivity index (χ1v) is 4.80. The zero-order chi connectivity index (χ0) is 14.1. The normalized spacial score (nSPS) is 39.8. The second-order valence-corrected chi connectivity index (χ2v) is 3.74. The molecule has 0 aromatic heterocycles. The highest BCUT2D eigenvalue weighted by Crippen LogP contribution is 2.32. The molecule has 100 valence electrons. The molecule has 0 aromatic carbocycles. The van der Waals surface area contributed by atoms with Gasteiger partial charge in [0.2, 0.25) is 5.72 Å². The predicted molar refractivity (Wildman–Crippen MR) is 53.1 cm³/mol. The van der Waals surface area contributed by atoms with Crippen molar-refractivity contribution < 1.29 is 34.8 Å². The average molecular weight is 261 g/mol. The summed E-state index contributed by atoms with van der Waals surface area (Å²) in [5, 5.41) is 40.3. The Bertz CT molecular complexity index is 417. The molecule has 1 saturated heterocycles. The van der Waals surface area contributed by atoms with E-state index in [2.05, 4.69) is 10.0 Å². The molecule has 5 atom stereocenters. The van der Waals surface area contributed by atoms with Crippen LogP contribution in [-0.4, -0.2) is 62.3 Å². The number of azide groups is 1. The number of aliphatic carboxylic acids is 1. The summed E-state index contributed by atoms with van der Waals surface area (Å²) < 4.78 is 4.70. The number of hydrogen-bond acceptors (Lipinski definition) is 7. The lowest BCUT2D eigenvalue weighted by atomic mass is 9.88. The minimum atomic E-state index is -2.57. The van der Waals surface area contributed by atoms with E-state index >= 15 is 0 Å². The summed E-state index contributed by atoms with van der Waals surface area (Å²) in [6.45, 7) is 0.890. The average Bonchev–Trinajstić information content (AvgIpc) is 2.29. The molecule has 0 aromatic rings. The van der Waals surface area contributed by atoms with Crippen molar-refractivity contribution in [2.45, 2.75) is 37.1 Å². The number of hydrogen-bond donors (Lipinski definition) is 4. The van der Waals surface area contributed by atoms with E-state index in [1.807, 2.05) is 0 Å². The Morgan fingerprint density at radius 3 is 2.28 bits per heavy atom. The van der Waals surface area contributed by atoms with Gasteiger partial charge in [-0.2, -0.15) is 0 Å². The van der Waals surface area contributed by atoms with Crippen molar-refractivity contribution in [3.05, 3.63) is 10.4 Å². The molecule has 1 rings (SSSR count). The molecule has 18 heavy (non-hydrogen) atoms. The maximum Gasteiger partial charge on any atom is 0.335 e. The van der Waals surface area contributed by atoms with Gasteiger partial charge in [-0.05, 0) is 17.6 Å². The number of aliphatic hydroxyl groups is 3. The Morgan fingerprint density at radius 1 is 1.33 bits per heavy atom. The number of ketones is 1. The van der Waals surface area contributed by atoms with E-state index in [0.717, 1.165) is 6.92 Å². The van der Waals surface area contributed by atoms with Crippen LogP contribution in [0.5, 0.6) is 0 Å². The molecule has 10 nitrogen and oxygen atoms in total. The Labute approximate surface area is 100 Å². The number of ether oxygens (including phenoxy) is 1. The summed E-state index contributed by atoms with van der Waals surface area (Å²) in [6.07, 6.45) is -8.04. The van der Waals surface area contributed by atoms with E-state index in [-0.39, 0.29) is 0 Å². The van der Waals surface area contributed by atoms with E-state index in [1.54, 1.807) is 0 Å². The number of carboxylic acid groups (broad SMARTS) is 1. The standard InChI is InChI=1S/C8H11N3O7/c1-2(12)8(10-11-9)6(15)4(14)3(13)5(18-8)7(16)17/h3-6,13-15H,1H3,(H,16,17)/t3-,4-,5-,6+,8?/m0/s1. The van der Waals surface area contributed by atoms with Crippen LogP contribution in [0.1, 0.15) is 6.92 Å². The van der Waals surface area contributed by atoms with Crippen LogP contribution in [0.4, 0.5) is 0 Å². The Hall–Kier alpha value is -1.71. The predicted octanol–water partition coefficient (Wildman–Crippen LogP) is -1.85. The minimum absolute atomic E-state index is 0.890. The lowest BCUT2D eigenvalue weighted by Crippen LogP contribution is -2.67. The van der Waals surface area contributed by atoms with Crippen molar-refractivity contribution in [1.82, 2.24) is 0 Å². The van der Waals surface area contributed by atoms with Gasteiger partial charge in [-0.1, -0.05) is 0 Å². The fourth-order valence-electron chi connectivity index (χ4n) is 1.64. The molecule has 1 fully saturated rings. The molecule has 0 spiro atoms. The maximum absolute atomic E-state index is 11.4. The van der Waals surface area contributed by atoms with Gasteiger partial charge in [0.05, 0.1) is 0 Å². The number of carbonyl (C=O) groups is 2. The van der Waals surface area contributed by atoms with Crippen LogP contribution in [0.2, 0.25) is 0 Å². The summed E-state index contributed by atoms with van der Waals surface area (Å²) >= 11 is 0. The van der Waals surface area contributed by atoms with Gasteiger partial charge in [-0.15, -0.1) is 0 Å². The molecule has 1 aliphatic heterocycles. The first-order chi connectivity index (χ1) is 8.27. The van der Waals surface area contributed by atoms with Gasteiger partial charge in [0.1, 0.15) is 18.3 Å². The molecule has 4 N–H and O–H groups in total. The maximum atomic E-state index is 11.4. The lowest BCUT2D eigenvalue weighted by Gasteiger charge is -2.43. The number of carbonyl (C=O) groups excluding carboxylic acids is 1. The smallest absolute Gasteiger partial charge is 0.335 e. The second kappa shape index (κ2) is 4.88. The Kier molecular flexibility index (Phi) is 3.89. The topological polar surface area (TPSA) is 173 Å². The molecule has 0 amide bonds. The van der Waals surface area contributed by atoms with Gasteiger partial charge in [0.15, 0.2) is 11.9 Å². The van der Waals surface area contributed by atoms with Gasteiger partial charge in [0, 0.05) is 4.91 Å². The lowest BCUT2D eigenvalue weighted by molar-refractivity contribution is -0.257. The Balaban J connectivity index is 3.30. The zero-order valence-electron chi connectivity index (χ0n) is 9.16. The van der Waals surface area contributed by atoms with Crippen molar-refractivity contribution in [2.24, 2.45) is 5.11 Å². The number of aliphatic hydroxyl groups excluding tert-OH is 3. The fraction of sp³-hybridized carbons (Fsp3) is 0.750. The van der Waals surface area contributed by atoms with E-state index in [1.165, 1.54) is 0 Å². The summed E-state index contributed by atoms with van der Waals surface area (Å²) in [7, 11) is 0. The monoisotopic (exact) mass is 261 g/mol. The number of nitrogens with zero attached hydrogens (tertiary/aromatic N) is 3. The van der Waals surface area contributed by atoms with Crippen LogP contribution in [0.15, 0.2) is 5.11 Å². The molecule has 1 heterocycles. The number of rotatable bonds is 3. The molecular formula is C8H11N3O7. The van der Waals surface area contributed by atoms with Crippen LogP contribution in [0, 0.1) is 0 Å². The van der Waals surface area contributed by atoms with E-state index < -0.39 is 41.9 Å². The van der Waals surface area contributed by atoms with Gasteiger partial charge in [-0.3, -0.25) is 4.79 Å². The third-order valence-electron chi connectivity index (χ3n) is 2.63. The number of Topliss-reactive ketones (excluding diaryl/α,β-unsaturated/α-hetero) is 1. The third kappa shape index (κ3) is 2.03. The van der Waals surface area contributed by atoms with E-state index in [4.69, 9.17) is 15.4 Å². The van der Waals surface area contributed by atoms with Crippen molar-refractivity contribution in [3.8, 4) is 0 Å².